The maximum absolute atomic E-state index is 14.7. The number of aromatic nitrogens is 5. The number of aliphatic carboxylic acids is 1. The van der Waals surface area contributed by atoms with E-state index in [9.17, 15) is 18.7 Å². The normalized spacial score (nSPS) is 15.2. The summed E-state index contributed by atoms with van der Waals surface area (Å²) >= 11 is 0. The van der Waals surface area contributed by atoms with Gasteiger partial charge in [0, 0.05) is 44.7 Å². The van der Waals surface area contributed by atoms with E-state index < -0.39 is 17.4 Å². The summed E-state index contributed by atoms with van der Waals surface area (Å²) in [6, 6.07) is 9.68. The van der Waals surface area contributed by atoms with Crippen molar-refractivity contribution >= 4 is 11.8 Å². The van der Waals surface area contributed by atoms with Gasteiger partial charge in [-0.1, -0.05) is 23.4 Å². The molecule has 0 unspecified atom stereocenters. The zero-order valence-electron chi connectivity index (χ0n) is 19.3. The van der Waals surface area contributed by atoms with Crippen molar-refractivity contribution in [3.05, 3.63) is 66.1 Å². The van der Waals surface area contributed by atoms with Crippen LogP contribution < -0.4 is 4.90 Å². The van der Waals surface area contributed by atoms with E-state index in [1.54, 1.807) is 39.9 Å². The van der Waals surface area contributed by atoms with Gasteiger partial charge in [0.1, 0.15) is 23.5 Å². The number of benzene rings is 1. The molecule has 0 radical (unpaired) electrons. The molecule has 0 bridgehead atoms. The molecule has 0 saturated carbocycles. The highest BCUT2D eigenvalue weighted by atomic mass is 19.1. The van der Waals surface area contributed by atoms with Crippen LogP contribution in [-0.2, 0) is 16.1 Å². The summed E-state index contributed by atoms with van der Waals surface area (Å²) in [5.41, 5.74) is 0.472. The molecular formula is C24H22F2N6O4. The molecule has 1 N–H and O–H groups in total. The Bertz CT molecular complexity index is 1380. The number of hydrogen-bond donors (Lipinski definition) is 1. The number of hydrogen-bond acceptors (Lipinski definition) is 8. The van der Waals surface area contributed by atoms with Gasteiger partial charge in [0.05, 0.1) is 18.4 Å². The lowest BCUT2D eigenvalue weighted by atomic mass is 9.91. The molecule has 0 atom stereocenters. The summed E-state index contributed by atoms with van der Waals surface area (Å²) in [6.45, 7) is 0.586. The second kappa shape index (κ2) is 9.46. The largest absolute Gasteiger partial charge is 0.479 e. The smallest absolute Gasteiger partial charge is 0.336 e. The van der Waals surface area contributed by atoms with Gasteiger partial charge in [-0.2, -0.15) is 5.10 Å². The molecule has 1 aliphatic heterocycles. The van der Waals surface area contributed by atoms with Crippen molar-refractivity contribution in [2.75, 3.05) is 25.1 Å². The molecule has 0 amide bonds. The predicted molar refractivity (Wildman–Crippen MR) is 123 cm³/mol. The van der Waals surface area contributed by atoms with Gasteiger partial charge in [-0.3, -0.25) is 4.68 Å². The minimum absolute atomic E-state index is 0.0433. The molecule has 1 aromatic carbocycles. The van der Waals surface area contributed by atoms with Gasteiger partial charge >= 0.3 is 5.97 Å². The second-order valence-electron chi connectivity index (χ2n) is 8.40. The van der Waals surface area contributed by atoms with Crippen molar-refractivity contribution < 1.29 is 27.9 Å². The Morgan fingerprint density at radius 3 is 2.61 bits per heavy atom. The summed E-state index contributed by atoms with van der Waals surface area (Å²) in [5, 5.41) is 18.0. The van der Waals surface area contributed by atoms with E-state index >= 15 is 0 Å². The second-order valence-corrected chi connectivity index (χ2v) is 8.40. The highest BCUT2D eigenvalue weighted by Crippen LogP contribution is 2.31. The van der Waals surface area contributed by atoms with Crippen LogP contribution in [0, 0.1) is 11.6 Å². The van der Waals surface area contributed by atoms with Crippen LogP contribution >= 0.6 is 0 Å². The van der Waals surface area contributed by atoms with E-state index in [1.165, 1.54) is 19.4 Å². The lowest BCUT2D eigenvalue weighted by Gasteiger charge is -2.38. The number of halogens is 2. The number of methoxy groups -OCH3 is 1. The minimum Gasteiger partial charge on any atom is -0.479 e. The van der Waals surface area contributed by atoms with Gasteiger partial charge in [0.15, 0.2) is 23.1 Å². The fourth-order valence-corrected chi connectivity index (χ4v) is 4.27. The van der Waals surface area contributed by atoms with Crippen molar-refractivity contribution in [2.24, 2.45) is 0 Å². The summed E-state index contributed by atoms with van der Waals surface area (Å²) < 4.78 is 40.8. The molecule has 1 saturated heterocycles. The maximum atomic E-state index is 14.7. The molecule has 3 aromatic heterocycles. The fourth-order valence-electron chi connectivity index (χ4n) is 4.27. The van der Waals surface area contributed by atoms with Crippen molar-refractivity contribution in [3.8, 4) is 22.9 Å². The van der Waals surface area contributed by atoms with Crippen molar-refractivity contribution in [1.29, 1.82) is 0 Å². The Kier molecular flexibility index (Phi) is 6.18. The van der Waals surface area contributed by atoms with E-state index in [-0.39, 0.29) is 49.9 Å². The van der Waals surface area contributed by atoms with Crippen LogP contribution in [0.3, 0.4) is 0 Å². The highest BCUT2D eigenvalue weighted by Gasteiger charge is 2.42. The van der Waals surface area contributed by atoms with Crippen molar-refractivity contribution in [1.82, 2.24) is 24.9 Å². The number of anilines is 1. The summed E-state index contributed by atoms with van der Waals surface area (Å²) in [5.74, 6) is -1.86. The summed E-state index contributed by atoms with van der Waals surface area (Å²) in [6.07, 6.45) is 2.81. The van der Waals surface area contributed by atoms with E-state index in [4.69, 9.17) is 9.26 Å². The zero-order valence-corrected chi connectivity index (χ0v) is 19.3. The Hall–Kier alpha value is -4.19. The van der Waals surface area contributed by atoms with Gasteiger partial charge in [0.25, 0.3) is 0 Å². The first-order valence-electron chi connectivity index (χ1n) is 11.2. The van der Waals surface area contributed by atoms with Crippen LogP contribution in [-0.4, -0.2) is 61.8 Å². The first-order valence-corrected chi connectivity index (χ1v) is 11.2. The van der Waals surface area contributed by atoms with Crippen LogP contribution in [0.4, 0.5) is 14.6 Å². The average molecular weight is 496 g/mol. The van der Waals surface area contributed by atoms with E-state index in [1.807, 2.05) is 0 Å². The third kappa shape index (κ3) is 4.31. The Morgan fingerprint density at radius 2 is 1.94 bits per heavy atom. The quantitative estimate of drug-likeness (QED) is 0.411. The lowest BCUT2D eigenvalue weighted by molar-refractivity contribution is -0.164. The van der Waals surface area contributed by atoms with Gasteiger partial charge in [0.2, 0.25) is 0 Å². The topological polar surface area (TPSA) is 119 Å². The number of carbonyl (C=O) groups is 1. The zero-order chi connectivity index (χ0) is 25.3. The molecule has 36 heavy (non-hydrogen) atoms. The van der Waals surface area contributed by atoms with E-state index in [2.05, 4.69) is 20.2 Å². The standard InChI is InChI=1S/C24H22F2N6O4/c1-35-24(23(33)34)7-9-31(10-8-24)22-17(26)13-27-21(28-22)19-12-20(18-6-11-36-30-18)32(29-19)14-15-4-2-3-5-16(15)25/h2-6,11-13H,7-10,14H2,1H3,(H,33,34). The molecule has 4 aromatic rings. The SMILES string of the molecule is COC1(C(=O)O)CCN(c2nc(-c3cc(-c4ccon4)n(Cc4ccccc4F)n3)ncc2F)CC1. The first-order chi connectivity index (χ1) is 17.4. The number of ether oxygens (including phenoxy) is 1. The molecule has 5 rings (SSSR count). The predicted octanol–water partition coefficient (Wildman–Crippen LogP) is 3.39. The molecule has 1 fully saturated rings. The van der Waals surface area contributed by atoms with Gasteiger partial charge in [-0.05, 0) is 12.1 Å². The number of carboxylic acids is 1. The third-order valence-electron chi connectivity index (χ3n) is 6.36. The summed E-state index contributed by atoms with van der Waals surface area (Å²) in [7, 11) is 1.36. The number of carboxylic acid groups (broad SMARTS) is 1. The number of nitrogens with zero attached hydrogens (tertiary/aromatic N) is 6. The maximum Gasteiger partial charge on any atom is 0.336 e. The Balaban J connectivity index is 1.48. The lowest BCUT2D eigenvalue weighted by Crippen LogP contribution is -2.51. The van der Waals surface area contributed by atoms with Crippen LogP contribution in [0.5, 0.6) is 0 Å². The third-order valence-corrected chi connectivity index (χ3v) is 6.36. The van der Waals surface area contributed by atoms with Crippen LogP contribution in [0.2, 0.25) is 0 Å². The number of rotatable bonds is 7. The average Bonchev–Trinajstić information content (AvgIpc) is 3.56. The molecule has 10 nitrogen and oxygen atoms in total. The van der Waals surface area contributed by atoms with Crippen LogP contribution in [0.15, 0.2) is 53.4 Å². The Morgan fingerprint density at radius 1 is 1.17 bits per heavy atom. The van der Waals surface area contributed by atoms with Gasteiger partial charge in [-0.15, -0.1) is 0 Å². The number of piperidine rings is 1. The molecular weight excluding hydrogens is 474 g/mol. The monoisotopic (exact) mass is 496 g/mol. The molecule has 12 heteroatoms. The van der Waals surface area contributed by atoms with E-state index in [0.717, 1.165) is 6.20 Å². The molecule has 186 valence electrons. The van der Waals surface area contributed by atoms with Crippen LogP contribution in [0.25, 0.3) is 22.9 Å². The highest BCUT2D eigenvalue weighted by molar-refractivity contribution is 5.78. The van der Waals surface area contributed by atoms with Crippen molar-refractivity contribution in [2.45, 2.75) is 25.0 Å². The van der Waals surface area contributed by atoms with Gasteiger partial charge < -0.3 is 19.3 Å². The Labute approximate surface area is 204 Å². The fraction of sp³-hybridized carbons (Fsp3) is 0.292. The minimum atomic E-state index is -1.30. The summed E-state index contributed by atoms with van der Waals surface area (Å²) in [4.78, 5) is 21.8. The van der Waals surface area contributed by atoms with E-state index in [0.29, 0.717) is 22.6 Å². The molecule has 1 aliphatic rings. The van der Waals surface area contributed by atoms with Crippen LogP contribution in [0.1, 0.15) is 18.4 Å². The molecule has 0 aliphatic carbocycles. The van der Waals surface area contributed by atoms with Gasteiger partial charge in [-0.25, -0.2) is 23.5 Å². The first kappa shape index (κ1) is 23.5. The molecule has 4 heterocycles. The molecule has 0 spiro atoms. The van der Waals surface area contributed by atoms with Crippen molar-refractivity contribution in [3.63, 3.8) is 0 Å².